The average Bonchev–Trinajstić information content (AvgIpc) is 3.46. The van der Waals surface area contributed by atoms with Crippen molar-refractivity contribution in [2.24, 2.45) is 0 Å². The van der Waals surface area contributed by atoms with E-state index in [1.165, 1.54) is 23.1 Å². The molecule has 1 unspecified atom stereocenters. The number of para-hydroxylation sites is 1. The summed E-state index contributed by atoms with van der Waals surface area (Å²) in [4.78, 5) is 22.4. The zero-order valence-electron chi connectivity index (χ0n) is 18.9. The van der Waals surface area contributed by atoms with Gasteiger partial charge in [0, 0.05) is 22.9 Å². The lowest BCUT2D eigenvalue weighted by molar-refractivity contribution is -0.115. The summed E-state index contributed by atoms with van der Waals surface area (Å²) in [6, 6.07) is 18.1. The van der Waals surface area contributed by atoms with Gasteiger partial charge in [-0.2, -0.15) is 0 Å². The van der Waals surface area contributed by atoms with Crippen LogP contribution < -0.4 is 5.32 Å². The number of fused-ring (bicyclic) bond motifs is 3. The topological polar surface area (TPSA) is 85.6 Å². The second kappa shape index (κ2) is 9.90. The number of nitrogens with zero attached hydrogens (tertiary/aromatic N) is 5. The summed E-state index contributed by atoms with van der Waals surface area (Å²) in [7, 11) is 0. The number of nitrogens with one attached hydrogen (secondary N) is 1. The molecule has 34 heavy (non-hydrogen) atoms. The number of aryl methyl sites for hydroxylation is 1. The third-order valence-corrected chi connectivity index (χ3v) is 7.49. The van der Waals surface area contributed by atoms with Gasteiger partial charge in [-0.3, -0.25) is 4.79 Å². The molecule has 0 saturated carbocycles. The van der Waals surface area contributed by atoms with Crippen molar-refractivity contribution in [2.45, 2.75) is 43.6 Å². The van der Waals surface area contributed by atoms with Gasteiger partial charge in [0.2, 0.25) is 11.1 Å². The summed E-state index contributed by atoms with van der Waals surface area (Å²) in [5, 5.41) is 15.5. The van der Waals surface area contributed by atoms with Gasteiger partial charge in [0.1, 0.15) is 5.52 Å². The van der Waals surface area contributed by atoms with Gasteiger partial charge >= 0.3 is 0 Å². The fourth-order valence-electron chi connectivity index (χ4n) is 3.90. The first-order chi connectivity index (χ1) is 16.7. The van der Waals surface area contributed by atoms with E-state index in [9.17, 15) is 4.79 Å². The molecule has 1 atom stereocenters. The van der Waals surface area contributed by atoms with Gasteiger partial charge in [-0.25, -0.2) is 9.97 Å². The zero-order chi connectivity index (χ0) is 23.5. The second-order valence-electron chi connectivity index (χ2n) is 7.84. The zero-order valence-corrected chi connectivity index (χ0v) is 20.6. The van der Waals surface area contributed by atoms with Crippen LogP contribution in [0.5, 0.6) is 0 Å². The Bertz CT molecular complexity index is 1450. The SMILES string of the molecule is CCCn1c2ccccc2c2nnc(SC(CC)C(=O)Nc3nc(-c4ccccc4)cs3)nc21. The maximum atomic E-state index is 13.0. The Balaban J connectivity index is 1.37. The number of aromatic nitrogens is 5. The fraction of sp³-hybridized carbons (Fsp3) is 0.240. The number of benzene rings is 2. The van der Waals surface area contributed by atoms with Crippen LogP contribution in [-0.4, -0.2) is 35.9 Å². The first-order valence-electron chi connectivity index (χ1n) is 11.3. The van der Waals surface area contributed by atoms with Crippen LogP contribution in [0.15, 0.2) is 65.1 Å². The lowest BCUT2D eigenvalue weighted by atomic mass is 10.2. The maximum Gasteiger partial charge on any atom is 0.239 e. The van der Waals surface area contributed by atoms with Crippen molar-refractivity contribution < 1.29 is 4.79 Å². The molecule has 0 spiro atoms. The van der Waals surface area contributed by atoms with Gasteiger partial charge < -0.3 is 9.88 Å². The summed E-state index contributed by atoms with van der Waals surface area (Å²) >= 11 is 2.76. The van der Waals surface area contributed by atoms with Crippen LogP contribution in [0.25, 0.3) is 33.3 Å². The van der Waals surface area contributed by atoms with Gasteiger partial charge in [0.25, 0.3) is 0 Å². The van der Waals surface area contributed by atoms with E-state index < -0.39 is 0 Å². The standard InChI is InChI=1S/C25H24N6OS2/c1-3-14-31-19-13-9-8-12-17(19)21-22(31)27-25(30-29-21)34-20(4-2)23(32)28-24-26-18(15-33-24)16-10-6-5-7-11-16/h5-13,15,20H,3-4,14H2,1-2H3,(H,26,28,32). The molecule has 0 bridgehead atoms. The average molecular weight is 489 g/mol. The van der Waals surface area contributed by atoms with Crippen molar-refractivity contribution in [3.63, 3.8) is 0 Å². The van der Waals surface area contributed by atoms with Crippen molar-refractivity contribution >= 4 is 56.2 Å². The number of hydrogen-bond acceptors (Lipinski definition) is 7. The Hall–Kier alpha value is -3.30. The van der Waals surface area contributed by atoms with E-state index in [1.54, 1.807) is 0 Å². The summed E-state index contributed by atoms with van der Waals surface area (Å²) in [5.74, 6) is -0.112. The molecule has 0 aliphatic heterocycles. The van der Waals surface area contributed by atoms with Crippen LogP contribution in [0.4, 0.5) is 5.13 Å². The van der Waals surface area contributed by atoms with Crippen LogP contribution in [0.3, 0.4) is 0 Å². The highest BCUT2D eigenvalue weighted by atomic mass is 32.2. The molecular weight excluding hydrogens is 464 g/mol. The molecule has 7 nitrogen and oxygen atoms in total. The molecule has 0 radical (unpaired) electrons. The molecule has 0 aliphatic rings. The fourth-order valence-corrected chi connectivity index (χ4v) is 5.43. The van der Waals surface area contributed by atoms with Crippen molar-refractivity contribution in [2.75, 3.05) is 5.32 Å². The molecule has 0 saturated heterocycles. The molecule has 5 rings (SSSR count). The first-order valence-corrected chi connectivity index (χ1v) is 13.0. The minimum absolute atomic E-state index is 0.112. The largest absolute Gasteiger partial charge is 0.324 e. The van der Waals surface area contributed by atoms with Crippen LogP contribution in [0.1, 0.15) is 26.7 Å². The number of carbonyl (C=O) groups excluding carboxylic acids is 1. The van der Waals surface area contributed by atoms with Crippen LogP contribution in [-0.2, 0) is 11.3 Å². The minimum Gasteiger partial charge on any atom is -0.324 e. The number of amides is 1. The summed E-state index contributed by atoms with van der Waals surface area (Å²) < 4.78 is 2.19. The summed E-state index contributed by atoms with van der Waals surface area (Å²) in [6.07, 6.45) is 1.62. The molecule has 5 aromatic rings. The number of thioether (sulfide) groups is 1. The Morgan fingerprint density at radius 1 is 1.06 bits per heavy atom. The smallest absolute Gasteiger partial charge is 0.239 e. The molecule has 3 heterocycles. The molecule has 172 valence electrons. The van der Waals surface area contributed by atoms with Crippen molar-refractivity contribution in [3.8, 4) is 11.3 Å². The number of hydrogen-bond donors (Lipinski definition) is 1. The van der Waals surface area contributed by atoms with Gasteiger partial charge in [-0.1, -0.05) is 74.1 Å². The predicted octanol–water partition coefficient (Wildman–Crippen LogP) is 6.02. The predicted molar refractivity (Wildman–Crippen MR) is 139 cm³/mol. The molecular formula is C25H24N6OS2. The van der Waals surface area contributed by atoms with E-state index in [-0.39, 0.29) is 11.2 Å². The van der Waals surface area contributed by atoms with Crippen LogP contribution >= 0.6 is 23.1 Å². The monoisotopic (exact) mass is 488 g/mol. The number of thiazole rings is 1. The quantitative estimate of drug-likeness (QED) is 0.269. The number of rotatable bonds is 8. The van der Waals surface area contributed by atoms with Gasteiger partial charge in [0.15, 0.2) is 10.8 Å². The van der Waals surface area contributed by atoms with E-state index in [0.29, 0.717) is 16.7 Å². The molecule has 0 aliphatic carbocycles. The maximum absolute atomic E-state index is 13.0. The second-order valence-corrected chi connectivity index (χ2v) is 9.87. The minimum atomic E-state index is -0.354. The Labute approximate surface area is 205 Å². The molecule has 0 fully saturated rings. The Morgan fingerprint density at radius 3 is 2.65 bits per heavy atom. The van der Waals surface area contributed by atoms with Crippen molar-refractivity contribution in [1.82, 2.24) is 24.7 Å². The van der Waals surface area contributed by atoms with Crippen LogP contribution in [0, 0.1) is 0 Å². The third-order valence-electron chi connectivity index (χ3n) is 5.52. The highest BCUT2D eigenvalue weighted by molar-refractivity contribution is 8.00. The van der Waals surface area contributed by atoms with E-state index in [4.69, 9.17) is 4.98 Å². The highest BCUT2D eigenvalue weighted by Crippen LogP contribution is 2.30. The molecule has 2 aromatic carbocycles. The van der Waals surface area contributed by atoms with Crippen molar-refractivity contribution in [1.29, 1.82) is 0 Å². The number of anilines is 1. The number of carbonyl (C=O) groups is 1. The molecule has 1 N–H and O–H groups in total. The Morgan fingerprint density at radius 2 is 1.85 bits per heavy atom. The van der Waals surface area contributed by atoms with E-state index in [0.717, 1.165) is 46.3 Å². The van der Waals surface area contributed by atoms with Crippen LogP contribution in [0.2, 0.25) is 0 Å². The summed E-state index contributed by atoms with van der Waals surface area (Å²) in [6.45, 7) is 4.97. The summed E-state index contributed by atoms with van der Waals surface area (Å²) in [5.41, 5.74) is 4.58. The molecule has 1 amide bonds. The lowest BCUT2D eigenvalue weighted by Gasteiger charge is -2.12. The van der Waals surface area contributed by atoms with E-state index >= 15 is 0 Å². The van der Waals surface area contributed by atoms with Gasteiger partial charge in [0.05, 0.1) is 16.5 Å². The van der Waals surface area contributed by atoms with Gasteiger partial charge in [-0.15, -0.1) is 21.5 Å². The van der Waals surface area contributed by atoms with Gasteiger partial charge in [-0.05, 0) is 18.9 Å². The van der Waals surface area contributed by atoms with E-state index in [2.05, 4.69) is 38.1 Å². The molecule has 3 aromatic heterocycles. The van der Waals surface area contributed by atoms with Crippen molar-refractivity contribution in [3.05, 3.63) is 60.0 Å². The lowest BCUT2D eigenvalue weighted by Crippen LogP contribution is -2.24. The first kappa shape index (κ1) is 22.5. The Kier molecular flexibility index (Phi) is 6.55. The third kappa shape index (κ3) is 4.41. The normalized spacial score (nSPS) is 12.3. The highest BCUT2D eigenvalue weighted by Gasteiger charge is 2.22. The van der Waals surface area contributed by atoms with E-state index in [1.807, 2.05) is 60.8 Å². The molecule has 9 heteroatoms.